The molecule has 6 heteroatoms. The molecule has 0 aliphatic heterocycles. The molecule has 0 aliphatic rings. The molecule has 0 saturated heterocycles. The van der Waals surface area contributed by atoms with Gasteiger partial charge in [-0.25, -0.2) is 0 Å². The molecule has 0 amide bonds. The van der Waals surface area contributed by atoms with Crippen LogP contribution < -0.4 is 5.30 Å². The quantitative estimate of drug-likeness (QED) is 0.627. The number of hydrogen-bond acceptors (Lipinski definition) is 2. The Balaban J connectivity index is 2.93. The Kier molecular flexibility index (Phi) is 4.28. The molecule has 2 N–H and O–H groups in total. The van der Waals surface area contributed by atoms with Crippen LogP contribution in [0, 0.1) is 0 Å². The van der Waals surface area contributed by atoms with Crippen LogP contribution >= 0.6 is 14.7 Å². The molecular formula is C10H14O4P2. The van der Waals surface area contributed by atoms with Gasteiger partial charge in [-0.2, -0.15) is 0 Å². The van der Waals surface area contributed by atoms with Crippen LogP contribution in [0.1, 0.15) is 0 Å². The van der Waals surface area contributed by atoms with Gasteiger partial charge in [-0.05, 0) is 12.1 Å². The summed E-state index contributed by atoms with van der Waals surface area (Å²) >= 11 is 0. The second kappa shape index (κ2) is 5.11. The second-order valence-electron chi connectivity index (χ2n) is 3.50. The van der Waals surface area contributed by atoms with E-state index in [1.54, 1.807) is 18.2 Å². The minimum Gasteiger partial charge on any atom is -0.344 e. The van der Waals surface area contributed by atoms with Crippen molar-refractivity contribution < 1.29 is 18.9 Å². The van der Waals surface area contributed by atoms with E-state index >= 15 is 0 Å². The van der Waals surface area contributed by atoms with Crippen LogP contribution in [0.5, 0.6) is 0 Å². The molecule has 0 spiro atoms. The summed E-state index contributed by atoms with van der Waals surface area (Å²) in [6.07, 6.45) is 1.14. The molecule has 1 aromatic carbocycles. The van der Waals surface area contributed by atoms with E-state index in [9.17, 15) is 18.9 Å². The summed E-state index contributed by atoms with van der Waals surface area (Å²) in [6.45, 7) is 3.35. The predicted molar refractivity (Wildman–Crippen MR) is 65.7 cm³/mol. The summed E-state index contributed by atoms with van der Waals surface area (Å²) < 4.78 is 23.4. The molecule has 0 aromatic heterocycles. The van der Waals surface area contributed by atoms with Crippen LogP contribution in [0.3, 0.4) is 0 Å². The average molecular weight is 260 g/mol. The average Bonchev–Trinajstić information content (AvgIpc) is 2.17. The molecule has 88 valence electrons. The fraction of sp³-hybridized carbons (Fsp3) is 0.200. The van der Waals surface area contributed by atoms with Crippen LogP contribution in [-0.4, -0.2) is 21.9 Å². The van der Waals surface area contributed by atoms with Gasteiger partial charge in [0.1, 0.15) is 5.90 Å². The van der Waals surface area contributed by atoms with Crippen molar-refractivity contribution in [1.29, 1.82) is 0 Å². The fourth-order valence-electron chi connectivity index (χ4n) is 1.30. The summed E-state index contributed by atoms with van der Waals surface area (Å²) in [7, 11) is -7.37. The second-order valence-corrected chi connectivity index (χ2v) is 8.60. The summed E-state index contributed by atoms with van der Waals surface area (Å²) in [6, 6.07) is 7.91. The van der Waals surface area contributed by atoms with E-state index in [1.807, 2.05) is 0 Å². The zero-order valence-electron chi connectivity index (χ0n) is 8.69. The van der Waals surface area contributed by atoms with Crippen LogP contribution in [0.4, 0.5) is 0 Å². The van der Waals surface area contributed by atoms with Crippen LogP contribution in [0.25, 0.3) is 0 Å². The zero-order chi connectivity index (χ0) is 12.2. The van der Waals surface area contributed by atoms with E-state index in [0.717, 1.165) is 0 Å². The first kappa shape index (κ1) is 13.4. The van der Waals surface area contributed by atoms with Crippen molar-refractivity contribution >= 4 is 20.0 Å². The van der Waals surface area contributed by atoms with Crippen molar-refractivity contribution in [3.05, 3.63) is 43.0 Å². The van der Waals surface area contributed by atoms with E-state index in [-0.39, 0.29) is 11.5 Å². The topological polar surface area (TPSA) is 74.6 Å². The first-order valence-electron chi connectivity index (χ1n) is 4.66. The lowest BCUT2D eigenvalue weighted by Crippen LogP contribution is -2.07. The molecule has 0 fully saturated rings. The third-order valence-corrected chi connectivity index (χ3v) is 7.22. The van der Waals surface area contributed by atoms with Gasteiger partial charge in [-0.15, -0.1) is 6.58 Å². The highest BCUT2D eigenvalue weighted by Crippen LogP contribution is 2.56. The Morgan fingerprint density at radius 3 is 2.25 bits per heavy atom. The van der Waals surface area contributed by atoms with Gasteiger partial charge in [0, 0.05) is 11.5 Å². The van der Waals surface area contributed by atoms with Crippen LogP contribution in [-0.2, 0) is 9.13 Å². The normalized spacial score (nSPS) is 18.4. The third-order valence-electron chi connectivity index (χ3n) is 1.99. The Labute approximate surface area is 94.5 Å². The van der Waals surface area contributed by atoms with E-state index in [0.29, 0.717) is 0 Å². The number of allylic oxidation sites excluding steroid dienone is 1. The Hall–Kier alpha value is -0.660. The maximum atomic E-state index is 11.9. The molecular weight excluding hydrogens is 246 g/mol. The minimum atomic E-state index is -3.76. The van der Waals surface area contributed by atoms with Gasteiger partial charge >= 0.3 is 0 Å². The van der Waals surface area contributed by atoms with Crippen LogP contribution in [0.15, 0.2) is 43.0 Å². The molecule has 4 nitrogen and oxygen atoms in total. The van der Waals surface area contributed by atoms with Gasteiger partial charge in [-0.1, -0.05) is 24.3 Å². The molecule has 0 radical (unpaired) electrons. The van der Waals surface area contributed by atoms with Gasteiger partial charge in [-0.3, -0.25) is 9.13 Å². The lowest BCUT2D eigenvalue weighted by atomic mass is 10.4. The van der Waals surface area contributed by atoms with Crippen molar-refractivity contribution in [2.24, 2.45) is 0 Å². The standard InChI is InChI=1S/C10H14O4P2/c1-2-8-15(11,12)9-16(13,14)10-6-4-3-5-7-10/h2-7H,1,8-9H2,(H,11,12)(H,13,14). The summed E-state index contributed by atoms with van der Waals surface area (Å²) in [5.74, 6) is -0.601. The highest BCUT2D eigenvalue weighted by molar-refractivity contribution is 7.79. The number of hydrogen-bond donors (Lipinski definition) is 2. The molecule has 16 heavy (non-hydrogen) atoms. The number of benzene rings is 1. The maximum Gasteiger partial charge on any atom is 0.239 e. The monoisotopic (exact) mass is 260 g/mol. The van der Waals surface area contributed by atoms with Crippen LogP contribution in [0.2, 0.25) is 0 Å². The smallest absolute Gasteiger partial charge is 0.239 e. The molecule has 2 unspecified atom stereocenters. The maximum absolute atomic E-state index is 11.9. The summed E-state index contributed by atoms with van der Waals surface area (Å²) in [5, 5.41) is 0.202. The molecule has 2 atom stereocenters. The van der Waals surface area contributed by atoms with Gasteiger partial charge in [0.2, 0.25) is 14.7 Å². The SMILES string of the molecule is C=CCP(=O)(O)CP(=O)(O)c1ccccc1. The van der Waals surface area contributed by atoms with E-state index < -0.39 is 20.6 Å². The van der Waals surface area contributed by atoms with Crippen molar-refractivity contribution in [3.8, 4) is 0 Å². The van der Waals surface area contributed by atoms with E-state index in [1.165, 1.54) is 18.2 Å². The Morgan fingerprint density at radius 1 is 1.19 bits per heavy atom. The van der Waals surface area contributed by atoms with Gasteiger partial charge in [0.25, 0.3) is 0 Å². The van der Waals surface area contributed by atoms with E-state index in [2.05, 4.69) is 6.58 Å². The first-order valence-corrected chi connectivity index (χ1v) is 8.54. The van der Waals surface area contributed by atoms with Gasteiger partial charge in [0.05, 0.1) is 0 Å². The predicted octanol–water partition coefficient (Wildman–Crippen LogP) is 2.00. The highest BCUT2D eigenvalue weighted by atomic mass is 31.2. The molecule has 0 bridgehead atoms. The summed E-state index contributed by atoms with van der Waals surface area (Å²) in [4.78, 5) is 19.2. The summed E-state index contributed by atoms with van der Waals surface area (Å²) in [5.41, 5.74) is 0. The lowest BCUT2D eigenvalue weighted by Gasteiger charge is -2.15. The molecule has 0 heterocycles. The van der Waals surface area contributed by atoms with Crippen molar-refractivity contribution in [2.75, 3.05) is 12.1 Å². The largest absolute Gasteiger partial charge is 0.344 e. The Bertz CT molecular complexity index is 455. The molecule has 0 aliphatic carbocycles. The van der Waals surface area contributed by atoms with Crippen molar-refractivity contribution in [3.63, 3.8) is 0 Å². The van der Waals surface area contributed by atoms with Gasteiger partial charge in [0.15, 0.2) is 0 Å². The zero-order valence-corrected chi connectivity index (χ0v) is 10.5. The molecule has 0 saturated carbocycles. The van der Waals surface area contributed by atoms with Crippen molar-refractivity contribution in [2.45, 2.75) is 0 Å². The molecule has 1 aromatic rings. The highest BCUT2D eigenvalue weighted by Gasteiger charge is 2.31. The third kappa shape index (κ3) is 3.73. The number of rotatable bonds is 5. The first-order chi connectivity index (χ1) is 7.37. The van der Waals surface area contributed by atoms with E-state index in [4.69, 9.17) is 0 Å². The van der Waals surface area contributed by atoms with Crippen molar-refractivity contribution in [1.82, 2.24) is 0 Å². The molecule has 1 rings (SSSR count). The van der Waals surface area contributed by atoms with Gasteiger partial charge < -0.3 is 9.79 Å². The fourth-order valence-corrected chi connectivity index (χ4v) is 5.85. The lowest BCUT2D eigenvalue weighted by molar-refractivity contribution is 0.473. The Morgan fingerprint density at radius 2 is 1.75 bits per heavy atom. The minimum absolute atomic E-state index is 0.148.